The van der Waals surface area contributed by atoms with Gasteiger partial charge >= 0.3 is 0 Å². The highest BCUT2D eigenvalue weighted by Crippen LogP contribution is 2.42. The minimum Gasteiger partial charge on any atom is -0.368 e. The molecule has 0 bridgehead atoms. The van der Waals surface area contributed by atoms with E-state index in [1.165, 1.54) is 12.8 Å². The molecule has 0 aromatic heterocycles. The number of benzene rings is 2. The molecule has 1 aliphatic heterocycles. The van der Waals surface area contributed by atoms with Crippen molar-refractivity contribution in [3.63, 3.8) is 0 Å². The van der Waals surface area contributed by atoms with Gasteiger partial charge in [0.05, 0.1) is 6.61 Å². The van der Waals surface area contributed by atoms with Gasteiger partial charge in [0.25, 0.3) is 0 Å². The Hall–Kier alpha value is -1.81. The number of hydrogen-bond acceptors (Lipinski definition) is 1. The van der Waals surface area contributed by atoms with Gasteiger partial charge in [-0.1, -0.05) is 44.0 Å². The van der Waals surface area contributed by atoms with Crippen LogP contribution in [0.2, 0.25) is 0 Å². The zero-order valence-corrected chi connectivity index (χ0v) is 21.0. The third-order valence-corrected chi connectivity index (χ3v) is 9.00. The molecule has 1 heterocycles. The van der Waals surface area contributed by atoms with E-state index in [-0.39, 0.29) is 23.8 Å². The summed E-state index contributed by atoms with van der Waals surface area (Å²) in [6.07, 6.45) is 12.3. The normalized spacial score (nSPS) is 28.7. The molecule has 4 heteroatoms. The molecule has 2 saturated carbocycles. The lowest BCUT2D eigenvalue weighted by Gasteiger charge is -2.31. The zero-order chi connectivity index (χ0) is 24.4. The van der Waals surface area contributed by atoms with Crippen molar-refractivity contribution in [2.75, 3.05) is 6.61 Å². The zero-order valence-electron chi connectivity index (χ0n) is 21.0. The molecule has 190 valence electrons. The summed E-state index contributed by atoms with van der Waals surface area (Å²) in [5.74, 6) is 0.232. The monoisotopic (exact) mass is 484 g/mol. The maximum absolute atomic E-state index is 15.2. The fourth-order valence-corrected chi connectivity index (χ4v) is 6.73. The summed E-state index contributed by atoms with van der Waals surface area (Å²) in [5.41, 5.74) is 2.87. The highest BCUT2D eigenvalue weighted by Gasteiger charge is 2.30. The highest BCUT2D eigenvalue weighted by atomic mass is 19.2. The Bertz CT molecular complexity index is 999. The van der Waals surface area contributed by atoms with Crippen LogP contribution in [0.15, 0.2) is 30.3 Å². The summed E-state index contributed by atoms with van der Waals surface area (Å²) in [6, 6.07) is 9.29. The molecular formula is C31H39F3O. The summed E-state index contributed by atoms with van der Waals surface area (Å²) in [7, 11) is 0. The van der Waals surface area contributed by atoms with Crippen LogP contribution in [-0.2, 0) is 11.2 Å². The number of rotatable bonds is 8. The Morgan fingerprint density at radius 2 is 1.23 bits per heavy atom. The smallest absolute Gasteiger partial charge is 0.162 e. The fraction of sp³-hybridized carbons (Fsp3) is 0.613. The highest BCUT2D eigenvalue weighted by molar-refractivity contribution is 5.32. The molecule has 2 aromatic rings. The number of hydrogen-bond donors (Lipinski definition) is 0. The predicted octanol–water partition coefficient (Wildman–Crippen LogP) is 9.16. The van der Waals surface area contributed by atoms with Crippen LogP contribution in [0, 0.1) is 29.3 Å². The standard InChI is InChI=1S/C31H39F3O/c1-2-3-20-6-11-23(12-7-20)25-16-17-26(31(34)30(25)33)24-13-8-21(9-14-24)4-5-22-10-15-27(28(32)18-22)29-19-35-29/h10,15-18,20-21,23-24,29H,2-9,11-14,19H2,1H3. The summed E-state index contributed by atoms with van der Waals surface area (Å²) in [6.45, 7) is 2.84. The van der Waals surface area contributed by atoms with E-state index in [2.05, 4.69) is 6.92 Å². The van der Waals surface area contributed by atoms with Crippen LogP contribution in [0.1, 0.15) is 118 Å². The largest absolute Gasteiger partial charge is 0.368 e. The van der Waals surface area contributed by atoms with Crippen LogP contribution in [-0.4, -0.2) is 6.61 Å². The van der Waals surface area contributed by atoms with E-state index >= 15 is 8.78 Å². The Morgan fingerprint density at radius 3 is 1.71 bits per heavy atom. The molecule has 0 spiro atoms. The van der Waals surface area contributed by atoms with Gasteiger partial charge in [0.15, 0.2) is 11.6 Å². The third kappa shape index (κ3) is 5.79. The van der Waals surface area contributed by atoms with E-state index in [9.17, 15) is 4.39 Å². The van der Waals surface area contributed by atoms with Crippen molar-refractivity contribution in [2.24, 2.45) is 11.8 Å². The second kappa shape index (κ2) is 11.1. The molecule has 3 fully saturated rings. The van der Waals surface area contributed by atoms with Crippen LogP contribution in [0.25, 0.3) is 0 Å². The number of epoxide rings is 1. The Labute approximate surface area is 208 Å². The molecule has 3 aliphatic rings. The minimum atomic E-state index is -0.600. The van der Waals surface area contributed by atoms with Crippen molar-refractivity contribution < 1.29 is 17.9 Å². The van der Waals surface area contributed by atoms with E-state index in [0.29, 0.717) is 29.2 Å². The molecule has 35 heavy (non-hydrogen) atoms. The molecule has 0 radical (unpaired) electrons. The van der Waals surface area contributed by atoms with E-state index in [0.717, 1.165) is 75.7 Å². The van der Waals surface area contributed by atoms with Gasteiger partial charge in [-0.2, -0.15) is 0 Å². The van der Waals surface area contributed by atoms with E-state index in [1.54, 1.807) is 6.07 Å². The Kier molecular flexibility index (Phi) is 7.86. The van der Waals surface area contributed by atoms with Gasteiger partial charge in [-0.3, -0.25) is 0 Å². The molecule has 0 N–H and O–H groups in total. The van der Waals surface area contributed by atoms with E-state index < -0.39 is 11.6 Å². The molecule has 2 aromatic carbocycles. The molecule has 2 aliphatic carbocycles. The van der Waals surface area contributed by atoms with Crippen molar-refractivity contribution in [1.29, 1.82) is 0 Å². The molecule has 1 unspecified atom stereocenters. The molecular weight excluding hydrogens is 445 g/mol. The first kappa shape index (κ1) is 24.9. The van der Waals surface area contributed by atoms with Crippen LogP contribution in [0.5, 0.6) is 0 Å². The second-order valence-corrected chi connectivity index (χ2v) is 11.3. The van der Waals surface area contributed by atoms with Crippen LogP contribution >= 0.6 is 0 Å². The first-order valence-electron chi connectivity index (χ1n) is 13.9. The summed E-state index contributed by atoms with van der Waals surface area (Å²) in [5, 5.41) is 0. The van der Waals surface area contributed by atoms with Gasteiger partial charge in [-0.15, -0.1) is 0 Å². The maximum atomic E-state index is 15.2. The van der Waals surface area contributed by atoms with E-state index in [4.69, 9.17) is 4.74 Å². The lowest BCUT2D eigenvalue weighted by atomic mass is 9.75. The molecule has 1 atom stereocenters. The average molecular weight is 485 g/mol. The predicted molar refractivity (Wildman–Crippen MR) is 134 cm³/mol. The topological polar surface area (TPSA) is 12.5 Å². The van der Waals surface area contributed by atoms with Crippen molar-refractivity contribution in [3.8, 4) is 0 Å². The van der Waals surface area contributed by atoms with Gasteiger partial charge in [-0.05, 0) is 111 Å². The number of halogens is 3. The molecule has 1 saturated heterocycles. The summed E-state index contributed by atoms with van der Waals surface area (Å²) in [4.78, 5) is 0. The number of aryl methyl sites for hydroxylation is 1. The molecule has 1 nitrogen and oxygen atoms in total. The number of ether oxygens (including phenoxy) is 1. The second-order valence-electron chi connectivity index (χ2n) is 11.3. The molecule has 0 amide bonds. The Balaban J connectivity index is 1.13. The lowest BCUT2D eigenvalue weighted by molar-refractivity contribution is 0.298. The van der Waals surface area contributed by atoms with Crippen molar-refractivity contribution in [3.05, 3.63) is 70.0 Å². The van der Waals surface area contributed by atoms with Gasteiger partial charge < -0.3 is 4.74 Å². The average Bonchev–Trinajstić information content (AvgIpc) is 3.71. The van der Waals surface area contributed by atoms with Gasteiger partial charge in [0.1, 0.15) is 11.9 Å². The van der Waals surface area contributed by atoms with Crippen molar-refractivity contribution in [2.45, 2.75) is 102 Å². The summed E-state index contributed by atoms with van der Waals surface area (Å²) >= 11 is 0. The van der Waals surface area contributed by atoms with Crippen molar-refractivity contribution >= 4 is 0 Å². The van der Waals surface area contributed by atoms with Crippen molar-refractivity contribution in [1.82, 2.24) is 0 Å². The van der Waals surface area contributed by atoms with Gasteiger partial charge in [-0.25, -0.2) is 13.2 Å². The molecule has 5 rings (SSSR count). The SMILES string of the molecule is CCCC1CCC(c2ccc(C3CCC(CCc4ccc(C5CO5)c(F)c4)CC3)c(F)c2F)CC1. The third-order valence-electron chi connectivity index (χ3n) is 9.00. The fourth-order valence-electron chi connectivity index (χ4n) is 6.73. The first-order chi connectivity index (χ1) is 17.0. The summed E-state index contributed by atoms with van der Waals surface area (Å²) < 4.78 is 49.8. The quantitative estimate of drug-likeness (QED) is 0.340. The van der Waals surface area contributed by atoms with Gasteiger partial charge in [0, 0.05) is 5.56 Å². The van der Waals surface area contributed by atoms with Crippen LogP contribution in [0.4, 0.5) is 13.2 Å². The first-order valence-corrected chi connectivity index (χ1v) is 13.9. The van der Waals surface area contributed by atoms with Gasteiger partial charge in [0.2, 0.25) is 0 Å². The van der Waals surface area contributed by atoms with Crippen LogP contribution < -0.4 is 0 Å². The Morgan fingerprint density at radius 1 is 0.714 bits per heavy atom. The maximum Gasteiger partial charge on any atom is 0.162 e. The lowest BCUT2D eigenvalue weighted by Crippen LogP contribution is -2.17. The van der Waals surface area contributed by atoms with Crippen LogP contribution in [0.3, 0.4) is 0 Å². The minimum absolute atomic E-state index is 0.0561. The van der Waals surface area contributed by atoms with E-state index in [1.807, 2.05) is 24.3 Å².